The van der Waals surface area contributed by atoms with E-state index in [1.165, 1.54) is 41.3 Å². The van der Waals surface area contributed by atoms with Crippen LogP contribution in [0.5, 0.6) is 11.5 Å². The van der Waals surface area contributed by atoms with Crippen LogP contribution in [-0.4, -0.2) is 34.7 Å². The predicted molar refractivity (Wildman–Crippen MR) is 90.7 cm³/mol. The van der Waals surface area contributed by atoms with Crippen molar-refractivity contribution in [2.24, 2.45) is 0 Å². The number of amides is 1. The summed E-state index contributed by atoms with van der Waals surface area (Å²) in [6.45, 7) is 2.86. The number of hydrogen-bond donors (Lipinski definition) is 2. The lowest BCUT2D eigenvalue weighted by Crippen LogP contribution is -2.25. The topological polar surface area (TPSA) is 85.4 Å². The lowest BCUT2D eigenvalue weighted by atomic mass is 10.3. The Morgan fingerprint density at radius 1 is 1.32 bits per heavy atom. The monoisotopic (exact) mass is 388 g/mol. The Kier molecular flexibility index (Phi) is 5.23. The van der Waals surface area contributed by atoms with Gasteiger partial charge in [0.05, 0.1) is 5.75 Å². The first kappa shape index (κ1) is 17.7. The van der Waals surface area contributed by atoms with Crippen LogP contribution in [0.2, 0.25) is 0 Å². The van der Waals surface area contributed by atoms with E-state index in [1.807, 2.05) is 6.92 Å². The average molecular weight is 388 g/mol. The third-order valence-electron chi connectivity index (χ3n) is 2.94. The SMILES string of the molecule is CCCNc1nnc(SCC(=O)Nc2ccc3c(c2)OC(F)(F)O3)s1. The molecule has 7 nitrogen and oxygen atoms in total. The molecule has 0 bridgehead atoms. The van der Waals surface area contributed by atoms with Crippen molar-refractivity contribution in [2.75, 3.05) is 22.9 Å². The van der Waals surface area contributed by atoms with Crippen molar-refractivity contribution < 1.29 is 23.0 Å². The second-order valence-corrected chi connectivity index (χ2v) is 7.17. The Hall–Kier alpha value is -2.14. The number of thioether (sulfide) groups is 1. The summed E-state index contributed by atoms with van der Waals surface area (Å²) in [5, 5.41) is 14.4. The Morgan fingerprint density at radius 2 is 2.12 bits per heavy atom. The number of halogens is 2. The van der Waals surface area contributed by atoms with E-state index < -0.39 is 6.29 Å². The molecule has 3 rings (SSSR count). The summed E-state index contributed by atoms with van der Waals surface area (Å²) < 4.78 is 35.2. The molecule has 1 aliphatic rings. The Labute approximate surface area is 150 Å². The highest BCUT2D eigenvalue weighted by Crippen LogP contribution is 2.42. The number of carbonyl (C=O) groups is 1. The van der Waals surface area contributed by atoms with Crippen LogP contribution < -0.4 is 20.1 Å². The van der Waals surface area contributed by atoms with Gasteiger partial charge in [-0.15, -0.1) is 19.0 Å². The number of ether oxygens (including phenoxy) is 2. The highest BCUT2D eigenvalue weighted by atomic mass is 32.2. The van der Waals surface area contributed by atoms with E-state index >= 15 is 0 Å². The van der Waals surface area contributed by atoms with Gasteiger partial charge in [0.15, 0.2) is 15.8 Å². The van der Waals surface area contributed by atoms with E-state index in [2.05, 4.69) is 30.3 Å². The summed E-state index contributed by atoms with van der Waals surface area (Å²) in [5.41, 5.74) is 0.341. The number of benzene rings is 1. The minimum atomic E-state index is -3.68. The smallest absolute Gasteiger partial charge is 0.395 e. The fourth-order valence-corrected chi connectivity index (χ4v) is 3.50. The number of anilines is 2. The highest BCUT2D eigenvalue weighted by Gasteiger charge is 2.43. The maximum Gasteiger partial charge on any atom is 0.586 e. The van der Waals surface area contributed by atoms with Crippen molar-refractivity contribution in [1.29, 1.82) is 0 Å². The number of fused-ring (bicyclic) bond motifs is 1. The maximum atomic E-state index is 13.0. The summed E-state index contributed by atoms with van der Waals surface area (Å²) in [6.07, 6.45) is -2.70. The molecular weight excluding hydrogens is 374 g/mol. The standard InChI is InChI=1S/C14H14F2N4O3S2/c1-2-5-17-12-19-20-13(25-12)24-7-11(21)18-8-3-4-9-10(6-8)23-14(15,16)22-9/h3-4,6H,2,5,7H2,1H3,(H,17,19)(H,18,21). The van der Waals surface area contributed by atoms with Crippen molar-refractivity contribution in [1.82, 2.24) is 10.2 Å². The molecule has 0 fully saturated rings. The van der Waals surface area contributed by atoms with Crippen LogP contribution in [0.4, 0.5) is 19.6 Å². The first-order valence-corrected chi connectivity index (χ1v) is 9.15. The van der Waals surface area contributed by atoms with E-state index in [0.29, 0.717) is 15.2 Å². The summed E-state index contributed by atoms with van der Waals surface area (Å²) in [4.78, 5) is 12.0. The van der Waals surface area contributed by atoms with Crippen LogP contribution in [0.3, 0.4) is 0 Å². The minimum Gasteiger partial charge on any atom is -0.395 e. The molecule has 1 aliphatic heterocycles. The first-order valence-electron chi connectivity index (χ1n) is 7.35. The van der Waals surface area contributed by atoms with Gasteiger partial charge < -0.3 is 20.1 Å². The van der Waals surface area contributed by atoms with Crippen molar-refractivity contribution in [3.8, 4) is 11.5 Å². The van der Waals surface area contributed by atoms with Crippen molar-refractivity contribution in [3.05, 3.63) is 18.2 Å². The van der Waals surface area contributed by atoms with Crippen molar-refractivity contribution >= 4 is 39.8 Å². The molecule has 0 radical (unpaired) electrons. The molecule has 1 amide bonds. The van der Waals surface area contributed by atoms with Crippen LogP contribution in [0.25, 0.3) is 0 Å². The largest absolute Gasteiger partial charge is 0.586 e. The molecule has 2 N–H and O–H groups in total. The molecule has 0 spiro atoms. The maximum absolute atomic E-state index is 13.0. The van der Waals surface area contributed by atoms with Crippen LogP contribution in [0, 0.1) is 0 Å². The molecule has 0 saturated carbocycles. The Morgan fingerprint density at radius 3 is 2.92 bits per heavy atom. The second kappa shape index (κ2) is 7.40. The van der Waals surface area contributed by atoms with Crippen molar-refractivity contribution in [3.63, 3.8) is 0 Å². The number of nitrogens with one attached hydrogen (secondary N) is 2. The molecule has 0 unspecified atom stereocenters. The van der Waals surface area contributed by atoms with Crippen molar-refractivity contribution in [2.45, 2.75) is 24.0 Å². The van der Waals surface area contributed by atoms with Crippen LogP contribution in [0.15, 0.2) is 22.5 Å². The fourth-order valence-electron chi connectivity index (χ4n) is 1.92. The molecule has 0 aliphatic carbocycles. The van der Waals surface area contributed by atoms with E-state index in [9.17, 15) is 13.6 Å². The average Bonchev–Trinajstić information content (AvgIpc) is 3.12. The predicted octanol–water partition coefficient (Wildman–Crippen LogP) is 3.41. The molecule has 1 aromatic carbocycles. The van der Waals surface area contributed by atoms with Crippen LogP contribution in [0.1, 0.15) is 13.3 Å². The summed E-state index contributed by atoms with van der Waals surface area (Å²) in [7, 11) is 0. The van der Waals surface area contributed by atoms with E-state index in [0.717, 1.165) is 13.0 Å². The fraction of sp³-hybridized carbons (Fsp3) is 0.357. The van der Waals surface area contributed by atoms with Gasteiger partial charge in [0.2, 0.25) is 11.0 Å². The molecule has 25 heavy (non-hydrogen) atoms. The number of nitrogens with zero attached hydrogens (tertiary/aromatic N) is 2. The zero-order chi connectivity index (χ0) is 17.9. The van der Waals surface area contributed by atoms with Gasteiger partial charge in [-0.05, 0) is 18.6 Å². The lowest BCUT2D eigenvalue weighted by molar-refractivity contribution is -0.286. The molecule has 0 saturated heterocycles. The van der Waals surface area contributed by atoms with E-state index in [-0.39, 0.29) is 23.2 Å². The Balaban J connectivity index is 1.51. The number of rotatable bonds is 7. The van der Waals surface area contributed by atoms with Gasteiger partial charge in [-0.2, -0.15) is 0 Å². The van der Waals surface area contributed by atoms with E-state index in [4.69, 9.17) is 0 Å². The Bertz CT molecular complexity index is 772. The number of hydrogen-bond acceptors (Lipinski definition) is 8. The third kappa shape index (κ3) is 4.69. The van der Waals surface area contributed by atoms with Gasteiger partial charge >= 0.3 is 6.29 Å². The molecule has 0 atom stereocenters. The zero-order valence-corrected chi connectivity index (χ0v) is 14.7. The summed E-state index contributed by atoms with van der Waals surface area (Å²) >= 11 is 2.61. The lowest BCUT2D eigenvalue weighted by Gasteiger charge is -2.05. The van der Waals surface area contributed by atoms with Gasteiger partial charge in [0.25, 0.3) is 0 Å². The second-order valence-electron chi connectivity index (χ2n) is 4.97. The number of aromatic nitrogens is 2. The molecule has 2 heterocycles. The van der Waals surface area contributed by atoms with Gasteiger partial charge in [-0.3, -0.25) is 4.79 Å². The van der Waals surface area contributed by atoms with Gasteiger partial charge in [0.1, 0.15) is 0 Å². The first-order chi connectivity index (χ1) is 11.9. The normalized spacial score (nSPS) is 14.4. The molecule has 134 valence electrons. The molecule has 11 heteroatoms. The molecule has 1 aromatic heterocycles. The van der Waals surface area contributed by atoms with Crippen LogP contribution in [-0.2, 0) is 4.79 Å². The summed E-state index contributed by atoms with van der Waals surface area (Å²) in [5.74, 6) is -0.369. The summed E-state index contributed by atoms with van der Waals surface area (Å²) in [6, 6.07) is 4.07. The number of carbonyl (C=O) groups excluding carboxylic acids is 1. The van der Waals surface area contributed by atoms with E-state index in [1.54, 1.807) is 0 Å². The van der Waals surface area contributed by atoms with Gasteiger partial charge in [-0.25, -0.2) is 0 Å². The molecule has 2 aromatic rings. The minimum absolute atomic E-state index is 0.0710. The quantitative estimate of drug-likeness (QED) is 0.703. The highest BCUT2D eigenvalue weighted by molar-refractivity contribution is 8.01. The third-order valence-corrected chi connectivity index (χ3v) is 4.96. The van der Waals surface area contributed by atoms with Crippen LogP contribution >= 0.6 is 23.1 Å². The molecular formula is C14H14F2N4O3S2. The van der Waals surface area contributed by atoms with Gasteiger partial charge in [0, 0.05) is 18.3 Å². The number of alkyl halides is 2. The zero-order valence-electron chi connectivity index (χ0n) is 13.0. The van der Waals surface area contributed by atoms with Gasteiger partial charge in [-0.1, -0.05) is 30.0 Å².